The molecule has 1 aliphatic heterocycles. The van der Waals surface area contributed by atoms with E-state index in [1.54, 1.807) is 18.0 Å². The van der Waals surface area contributed by atoms with Crippen LogP contribution in [0.4, 0.5) is 0 Å². The third kappa shape index (κ3) is 2.73. The van der Waals surface area contributed by atoms with Gasteiger partial charge in [-0.05, 0) is 18.9 Å². The summed E-state index contributed by atoms with van der Waals surface area (Å²) in [6.07, 6.45) is 6.09. The van der Waals surface area contributed by atoms with Crippen LogP contribution in [0.15, 0.2) is 18.5 Å². The molecule has 1 amide bonds. The molecular formula is C15H20N2O4. The lowest BCUT2D eigenvalue weighted by atomic mass is 9.89. The monoisotopic (exact) mass is 292 g/mol. The molecule has 1 spiro atoms. The molecular weight excluding hydrogens is 272 g/mol. The van der Waals surface area contributed by atoms with Crippen molar-refractivity contribution in [1.29, 1.82) is 0 Å². The lowest BCUT2D eigenvalue weighted by molar-refractivity contribution is -0.182. The Hall–Kier alpha value is -1.66. The summed E-state index contributed by atoms with van der Waals surface area (Å²) >= 11 is 0. The summed E-state index contributed by atoms with van der Waals surface area (Å²) in [6.45, 7) is 1.31. The summed E-state index contributed by atoms with van der Waals surface area (Å²) in [4.78, 5) is 18.0. The summed E-state index contributed by atoms with van der Waals surface area (Å²) in [5.41, 5.74) is 0.293. The number of amides is 1. The van der Waals surface area contributed by atoms with Crippen LogP contribution in [0, 0.1) is 0 Å². The highest BCUT2D eigenvalue weighted by molar-refractivity contribution is 5.96. The third-order valence-corrected chi connectivity index (χ3v) is 4.43. The van der Waals surface area contributed by atoms with Crippen LogP contribution in [0.25, 0.3) is 0 Å². The summed E-state index contributed by atoms with van der Waals surface area (Å²) in [6, 6.07) is 1.69. The molecule has 2 fully saturated rings. The number of carbonyl (C=O) groups is 1. The van der Waals surface area contributed by atoms with Gasteiger partial charge in [-0.1, -0.05) is 0 Å². The summed E-state index contributed by atoms with van der Waals surface area (Å²) in [5, 5.41) is 9.75. The molecule has 21 heavy (non-hydrogen) atoms. The van der Waals surface area contributed by atoms with Gasteiger partial charge in [-0.2, -0.15) is 0 Å². The van der Waals surface area contributed by atoms with E-state index < -0.39 is 5.79 Å². The maximum Gasteiger partial charge on any atom is 0.257 e. The molecule has 0 radical (unpaired) electrons. The van der Waals surface area contributed by atoms with E-state index >= 15 is 0 Å². The zero-order valence-corrected chi connectivity index (χ0v) is 12.1. The Bertz CT molecular complexity index is 518. The third-order valence-electron chi connectivity index (χ3n) is 4.43. The van der Waals surface area contributed by atoms with Gasteiger partial charge in [0.2, 0.25) is 0 Å². The fourth-order valence-electron chi connectivity index (χ4n) is 3.14. The number of aromatic nitrogens is 1. The molecule has 2 aliphatic rings. The van der Waals surface area contributed by atoms with Crippen molar-refractivity contribution in [3.8, 4) is 5.75 Å². The standard InChI is InChI=1S/C15H20N2O4/c1-17(14(19)12-4-7-16-10-13(12)18)11-2-5-15(6-3-11)20-8-9-21-15/h4,7,10-11,18H,2-3,5-6,8-9H2,1H3. The molecule has 6 nitrogen and oxygen atoms in total. The van der Waals surface area contributed by atoms with Gasteiger partial charge >= 0.3 is 0 Å². The molecule has 2 heterocycles. The van der Waals surface area contributed by atoms with Crippen molar-refractivity contribution in [2.24, 2.45) is 0 Å². The van der Waals surface area contributed by atoms with Crippen molar-refractivity contribution < 1.29 is 19.4 Å². The van der Waals surface area contributed by atoms with Crippen LogP contribution < -0.4 is 0 Å². The zero-order valence-electron chi connectivity index (χ0n) is 12.1. The second-order valence-electron chi connectivity index (χ2n) is 5.65. The van der Waals surface area contributed by atoms with Gasteiger partial charge in [0, 0.05) is 32.1 Å². The van der Waals surface area contributed by atoms with Gasteiger partial charge in [0.05, 0.1) is 25.0 Å². The Balaban J connectivity index is 1.65. The van der Waals surface area contributed by atoms with Crippen molar-refractivity contribution in [3.05, 3.63) is 24.0 Å². The van der Waals surface area contributed by atoms with Gasteiger partial charge in [0.25, 0.3) is 5.91 Å². The molecule has 114 valence electrons. The van der Waals surface area contributed by atoms with Gasteiger partial charge in [0.15, 0.2) is 5.79 Å². The van der Waals surface area contributed by atoms with Crippen LogP contribution in [0.2, 0.25) is 0 Å². The Morgan fingerprint density at radius 3 is 2.67 bits per heavy atom. The molecule has 1 saturated carbocycles. The Morgan fingerprint density at radius 2 is 2.05 bits per heavy atom. The van der Waals surface area contributed by atoms with Crippen LogP contribution in [0.3, 0.4) is 0 Å². The van der Waals surface area contributed by atoms with Crippen LogP contribution in [0.5, 0.6) is 5.75 Å². The van der Waals surface area contributed by atoms with Crippen LogP contribution in [0.1, 0.15) is 36.0 Å². The highest BCUT2D eigenvalue weighted by atomic mass is 16.7. The fourth-order valence-corrected chi connectivity index (χ4v) is 3.14. The topological polar surface area (TPSA) is 71.9 Å². The molecule has 3 rings (SSSR count). The first kappa shape index (κ1) is 14.3. The van der Waals surface area contributed by atoms with E-state index in [9.17, 15) is 9.90 Å². The maximum atomic E-state index is 12.5. The molecule has 1 aromatic heterocycles. The van der Waals surface area contributed by atoms with Gasteiger partial charge in [-0.25, -0.2) is 0 Å². The van der Waals surface area contributed by atoms with Crippen LogP contribution >= 0.6 is 0 Å². The SMILES string of the molecule is CN(C(=O)c1ccncc1O)C1CCC2(CC1)OCCO2. The number of ether oxygens (including phenoxy) is 2. The average molecular weight is 292 g/mol. The van der Waals surface area contributed by atoms with E-state index in [1.165, 1.54) is 12.4 Å². The first-order valence-electron chi connectivity index (χ1n) is 7.29. The number of carbonyl (C=O) groups excluding carboxylic acids is 1. The summed E-state index contributed by atoms with van der Waals surface area (Å²) < 4.78 is 11.4. The molecule has 1 aliphatic carbocycles. The second-order valence-corrected chi connectivity index (χ2v) is 5.65. The lowest BCUT2D eigenvalue weighted by Crippen LogP contribution is -2.44. The average Bonchev–Trinajstić information content (AvgIpc) is 2.95. The molecule has 1 N–H and O–H groups in total. The maximum absolute atomic E-state index is 12.5. The number of rotatable bonds is 2. The Morgan fingerprint density at radius 1 is 1.38 bits per heavy atom. The quantitative estimate of drug-likeness (QED) is 0.895. The van der Waals surface area contributed by atoms with E-state index in [4.69, 9.17) is 9.47 Å². The van der Waals surface area contributed by atoms with E-state index in [-0.39, 0.29) is 17.7 Å². The first-order chi connectivity index (χ1) is 10.1. The fraction of sp³-hybridized carbons (Fsp3) is 0.600. The van der Waals surface area contributed by atoms with Crippen molar-refractivity contribution in [2.75, 3.05) is 20.3 Å². The second kappa shape index (κ2) is 5.61. The van der Waals surface area contributed by atoms with Crippen molar-refractivity contribution in [2.45, 2.75) is 37.5 Å². The number of hydrogen-bond donors (Lipinski definition) is 1. The molecule has 0 unspecified atom stereocenters. The Labute approximate surface area is 123 Å². The minimum Gasteiger partial charge on any atom is -0.505 e. The number of hydrogen-bond acceptors (Lipinski definition) is 5. The van der Waals surface area contributed by atoms with Crippen molar-refractivity contribution >= 4 is 5.91 Å². The largest absolute Gasteiger partial charge is 0.505 e. The van der Waals surface area contributed by atoms with Gasteiger partial charge in [-0.15, -0.1) is 0 Å². The smallest absolute Gasteiger partial charge is 0.257 e. The molecule has 1 aromatic rings. The zero-order chi connectivity index (χ0) is 14.9. The number of nitrogens with zero attached hydrogens (tertiary/aromatic N) is 2. The predicted molar refractivity (Wildman–Crippen MR) is 74.9 cm³/mol. The normalized spacial score (nSPS) is 21.6. The van der Waals surface area contributed by atoms with Crippen LogP contribution in [-0.4, -0.2) is 53.0 Å². The molecule has 0 atom stereocenters. The Kier molecular flexibility index (Phi) is 3.82. The van der Waals surface area contributed by atoms with Crippen LogP contribution in [-0.2, 0) is 9.47 Å². The van der Waals surface area contributed by atoms with E-state index in [1.807, 2.05) is 0 Å². The first-order valence-corrected chi connectivity index (χ1v) is 7.29. The minimum absolute atomic E-state index is 0.0795. The number of pyridine rings is 1. The van der Waals surface area contributed by atoms with Gasteiger partial charge < -0.3 is 19.5 Å². The predicted octanol–water partition coefficient (Wildman–Crippen LogP) is 1.54. The lowest BCUT2D eigenvalue weighted by Gasteiger charge is -2.39. The van der Waals surface area contributed by atoms with Crippen molar-refractivity contribution in [1.82, 2.24) is 9.88 Å². The van der Waals surface area contributed by atoms with E-state index in [0.717, 1.165) is 25.7 Å². The van der Waals surface area contributed by atoms with Gasteiger partial charge in [-0.3, -0.25) is 9.78 Å². The summed E-state index contributed by atoms with van der Waals surface area (Å²) in [7, 11) is 1.78. The summed E-state index contributed by atoms with van der Waals surface area (Å²) in [5.74, 6) is -0.674. The molecule has 0 aromatic carbocycles. The van der Waals surface area contributed by atoms with E-state index in [2.05, 4.69) is 4.98 Å². The molecule has 6 heteroatoms. The highest BCUT2D eigenvalue weighted by Gasteiger charge is 2.41. The molecule has 1 saturated heterocycles. The van der Waals surface area contributed by atoms with Crippen molar-refractivity contribution in [3.63, 3.8) is 0 Å². The molecule has 0 bridgehead atoms. The minimum atomic E-state index is -0.417. The van der Waals surface area contributed by atoms with E-state index in [0.29, 0.717) is 18.8 Å². The number of aromatic hydroxyl groups is 1. The highest BCUT2D eigenvalue weighted by Crippen LogP contribution is 2.37. The van der Waals surface area contributed by atoms with Gasteiger partial charge in [0.1, 0.15) is 5.75 Å².